The van der Waals surface area contributed by atoms with Gasteiger partial charge in [0.1, 0.15) is 6.10 Å². The van der Waals surface area contributed by atoms with Crippen LogP contribution in [-0.2, 0) is 4.74 Å². The quantitative estimate of drug-likeness (QED) is 0.665. The minimum absolute atomic E-state index is 0.257. The van der Waals surface area contributed by atoms with Crippen molar-refractivity contribution in [3.05, 3.63) is 0 Å². The van der Waals surface area contributed by atoms with Crippen LogP contribution < -0.4 is 10.6 Å². The van der Waals surface area contributed by atoms with E-state index in [4.69, 9.17) is 4.74 Å². The molecule has 2 atom stereocenters. The summed E-state index contributed by atoms with van der Waals surface area (Å²) in [5.41, 5.74) is -0.352. The summed E-state index contributed by atoms with van der Waals surface area (Å²) in [6.07, 6.45) is -2.31. The van der Waals surface area contributed by atoms with Crippen LogP contribution in [0.5, 0.6) is 0 Å². The van der Waals surface area contributed by atoms with Crippen LogP contribution in [0, 0.1) is 0 Å². The standard InChI is InChI=1S/C9H17FN2O2/c1-9(2,3)12-8(13)14-7-5-11-4-6(7)10/h6-7,11H,4-5H2,1-3H3,(H,12,13)/t6-,7-/m0/s1. The van der Waals surface area contributed by atoms with E-state index in [1.165, 1.54) is 0 Å². The van der Waals surface area contributed by atoms with Gasteiger partial charge >= 0.3 is 6.09 Å². The number of hydrogen-bond donors (Lipinski definition) is 2. The van der Waals surface area contributed by atoms with E-state index >= 15 is 0 Å². The van der Waals surface area contributed by atoms with Gasteiger partial charge in [-0.25, -0.2) is 9.18 Å². The van der Waals surface area contributed by atoms with Gasteiger partial charge in [0, 0.05) is 18.6 Å². The second-order valence-corrected chi connectivity index (χ2v) is 4.49. The Hall–Kier alpha value is -0.840. The average Bonchev–Trinajstić information content (AvgIpc) is 2.32. The molecule has 1 saturated heterocycles. The van der Waals surface area contributed by atoms with Gasteiger partial charge in [0.05, 0.1) is 0 Å². The summed E-state index contributed by atoms with van der Waals surface area (Å²) in [5, 5.41) is 5.42. The van der Waals surface area contributed by atoms with Gasteiger partial charge in [-0.1, -0.05) is 0 Å². The van der Waals surface area contributed by atoms with E-state index in [1.54, 1.807) is 0 Å². The summed E-state index contributed by atoms with van der Waals surface area (Å²) in [5.74, 6) is 0. The van der Waals surface area contributed by atoms with Gasteiger partial charge in [0.15, 0.2) is 6.17 Å². The number of alkyl carbamates (subject to hydrolysis) is 1. The van der Waals surface area contributed by atoms with E-state index in [-0.39, 0.29) is 12.1 Å². The summed E-state index contributed by atoms with van der Waals surface area (Å²) < 4.78 is 17.9. The summed E-state index contributed by atoms with van der Waals surface area (Å²) in [6, 6.07) is 0. The summed E-state index contributed by atoms with van der Waals surface area (Å²) >= 11 is 0. The van der Waals surface area contributed by atoms with Crippen molar-refractivity contribution in [3.8, 4) is 0 Å². The third kappa shape index (κ3) is 3.49. The second kappa shape index (κ2) is 4.13. The zero-order valence-corrected chi connectivity index (χ0v) is 8.76. The molecule has 0 saturated carbocycles. The van der Waals surface area contributed by atoms with Gasteiger partial charge < -0.3 is 15.4 Å². The Balaban J connectivity index is 2.33. The first-order valence-electron chi connectivity index (χ1n) is 4.72. The maximum atomic E-state index is 13.0. The van der Waals surface area contributed by atoms with Gasteiger partial charge in [-0.05, 0) is 20.8 Å². The van der Waals surface area contributed by atoms with Gasteiger partial charge in [0.25, 0.3) is 0 Å². The number of nitrogens with one attached hydrogen (secondary N) is 2. The molecule has 1 fully saturated rings. The van der Waals surface area contributed by atoms with E-state index < -0.39 is 18.4 Å². The van der Waals surface area contributed by atoms with Crippen LogP contribution in [0.25, 0.3) is 0 Å². The smallest absolute Gasteiger partial charge is 0.407 e. The van der Waals surface area contributed by atoms with Crippen molar-refractivity contribution < 1.29 is 13.9 Å². The summed E-state index contributed by atoms with van der Waals surface area (Å²) in [7, 11) is 0. The molecule has 0 aromatic heterocycles. The molecule has 1 aliphatic heterocycles. The molecule has 1 aliphatic rings. The monoisotopic (exact) mass is 204 g/mol. The SMILES string of the molecule is CC(C)(C)NC(=O)O[C@H]1CNC[C@@H]1F. The minimum atomic E-state index is -1.10. The number of alkyl halides is 1. The minimum Gasteiger partial charge on any atom is -0.442 e. The van der Waals surface area contributed by atoms with Crippen LogP contribution in [0.1, 0.15) is 20.8 Å². The molecule has 1 heterocycles. The Morgan fingerprint density at radius 3 is 2.57 bits per heavy atom. The molecule has 82 valence electrons. The second-order valence-electron chi connectivity index (χ2n) is 4.49. The zero-order valence-electron chi connectivity index (χ0n) is 8.76. The fourth-order valence-electron chi connectivity index (χ4n) is 1.21. The summed E-state index contributed by atoms with van der Waals surface area (Å²) in [6.45, 7) is 6.17. The Labute approximate surface area is 83.2 Å². The molecule has 0 bridgehead atoms. The summed E-state index contributed by atoms with van der Waals surface area (Å²) in [4.78, 5) is 11.2. The molecular formula is C9H17FN2O2. The largest absolute Gasteiger partial charge is 0.442 e. The van der Waals surface area contributed by atoms with E-state index in [2.05, 4.69) is 10.6 Å². The highest BCUT2D eigenvalue weighted by Gasteiger charge is 2.30. The van der Waals surface area contributed by atoms with E-state index in [1.807, 2.05) is 20.8 Å². The molecule has 0 aliphatic carbocycles. The van der Waals surface area contributed by atoms with Crippen LogP contribution in [-0.4, -0.2) is 37.0 Å². The van der Waals surface area contributed by atoms with Crippen LogP contribution in [0.3, 0.4) is 0 Å². The molecule has 0 unspecified atom stereocenters. The van der Waals surface area contributed by atoms with Crippen molar-refractivity contribution in [3.63, 3.8) is 0 Å². The number of amides is 1. The predicted octanol–water partition coefficient (Wildman–Crippen LogP) is 0.821. The van der Waals surface area contributed by atoms with Crippen LogP contribution in [0.15, 0.2) is 0 Å². The topological polar surface area (TPSA) is 50.4 Å². The fraction of sp³-hybridized carbons (Fsp3) is 0.889. The molecule has 5 heteroatoms. The van der Waals surface area contributed by atoms with Crippen molar-refractivity contribution >= 4 is 6.09 Å². The van der Waals surface area contributed by atoms with Crippen molar-refractivity contribution in [2.45, 2.75) is 38.6 Å². The van der Waals surface area contributed by atoms with Gasteiger partial charge in [0.2, 0.25) is 0 Å². The van der Waals surface area contributed by atoms with Crippen LogP contribution in [0.2, 0.25) is 0 Å². The predicted molar refractivity (Wildman–Crippen MR) is 50.9 cm³/mol. The van der Waals surface area contributed by atoms with Crippen molar-refractivity contribution in [2.75, 3.05) is 13.1 Å². The number of rotatable bonds is 1. The Morgan fingerprint density at radius 1 is 1.50 bits per heavy atom. The molecule has 0 aromatic carbocycles. The average molecular weight is 204 g/mol. The number of ether oxygens (including phenoxy) is 1. The molecular weight excluding hydrogens is 187 g/mol. The molecule has 0 spiro atoms. The molecule has 0 radical (unpaired) electrons. The number of halogens is 1. The first-order chi connectivity index (χ1) is 6.38. The molecule has 2 N–H and O–H groups in total. The van der Waals surface area contributed by atoms with Crippen molar-refractivity contribution in [2.24, 2.45) is 0 Å². The van der Waals surface area contributed by atoms with Gasteiger partial charge in [-0.2, -0.15) is 0 Å². The lowest BCUT2D eigenvalue weighted by atomic mass is 10.1. The molecule has 4 nitrogen and oxygen atoms in total. The van der Waals surface area contributed by atoms with Crippen molar-refractivity contribution in [1.82, 2.24) is 10.6 Å². The first kappa shape index (κ1) is 11.2. The third-order valence-corrected chi connectivity index (χ3v) is 1.82. The molecule has 1 amide bonds. The maximum absolute atomic E-state index is 13.0. The lowest BCUT2D eigenvalue weighted by molar-refractivity contribution is 0.0654. The highest BCUT2D eigenvalue weighted by atomic mass is 19.1. The maximum Gasteiger partial charge on any atom is 0.407 e. The molecule has 1 rings (SSSR count). The van der Waals surface area contributed by atoms with Crippen LogP contribution in [0.4, 0.5) is 9.18 Å². The Kier molecular flexibility index (Phi) is 3.31. The number of carbonyl (C=O) groups excluding carboxylic acids is 1. The van der Waals surface area contributed by atoms with Crippen LogP contribution >= 0.6 is 0 Å². The lowest BCUT2D eigenvalue weighted by Crippen LogP contribution is -2.43. The Bertz CT molecular complexity index is 215. The third-order valence-electron chi connectivity index (χ3n) is 1.82. The van der Waals surface area contributed by atoms with E-state index in [9.17, 15) is 9.18 Å². The Morgan fingerprint density at radius 2 is 2.14 bits per heavy atom. The first-order valence-corrected chi connectivity index (χ1v) is 4.72. The van der Waals surface area contributed by atoms with Gasteiger partial charge in [-0.15, -0.1) is 0 Å². The highest BCUT2D eigenvalue weighted by molar-refractivity contribution is 5.68. The molecule has 0 aromatic rings. The zero-order chi connectivity index (χ0) is 10.8. The molecule has 14 heavy (non-hydrogen) atoms. The fourth-order valence-corrected chi connectivity index (χ4v) is 1.21. The van der Waals surface area contributed by atoms with E-state index in [0.29, 0.717) is 6.54 Å². The number of hydrogen-bond acceptors (Lipinski definition) is 3. The highest BCUT2D eigenvalue weighted by Crippen LogP contribution is 2.09. The number of carbonyl (C=O) groups is 1. The lowest BCUT2D eigenvalue weighted by Gasteiger charge is -2.22. The van der Waals surface area contributed by atoms with Gasteiger partial charge in [-0.3, -0.25) is 0 Å². The normalized spacial score (nSPS) is 27.4. The van der Waals surface area contributed by atoms with E-state index in [0.717, 1.165) is 0 Å². The van der Waals surface area contributed by atoms with Crippen molar-refractivity contribution in [1.29, 1.82) is 0 Å².